The van der Waals surface area contributed by atoms with Crippen LogP contribution in [0, 0.1) is 0 Å². The number of rotatable bonds is 4. The lowest BCUT2D eigenvalue weighted by molar-refractivity contribution is 0.159. The second-order valence-electron chi connectivity index (χ2n) is 8.42. The van der Waals surface area contributed by atoms with E-state index in [9.17, 15) is 0 Å². The summed E-state index contributed by atoms with van der Waals surface area (Å²) in [6.45, 7) is 6.96. The third-order valence-corrected chi connectivity index (χ3v) is 10.7. The molecule has 4 heteroatoms. The fourth-order valence-electron chi connectivity index (χ4n) is 4.32. The van der Waals surface area contributed by atoms with Crippen molar-refractivity contribution in [2.75, 3.05) is 0 Å². The molecule has 0 aliphatic heterocycles. The molecule has 2 aromatic carbocycles. The number of hydrogen-bond acceptors (Lipinski definition) is 3. The van der Waals surface area contributed by atoms with E-state index in [2.05, 4.69) is 86.6 Å². The van der Waals surface area contributed by atoms with Crippen LogP contribution in [-0.4, -0.2) is 19.6 Å². The third-order valence-electron chi connectivity index (χ3n) is 5.64. The van der Waals surface area contributed by atoms with Crippen LogP contribution in [0.25, 0.3) is 0 Å². The Labute approximate surface area is 162 Å². The van der Waals surface area contributed by atoms with Gasteiger partial charge in [0.2, 0.25) is 0 Å². The van der Waals surface area contributed by atoms with Crippen molar-refractivity contribution in [2.24, 2.45) is 0 Å². The highest BCUT2D eigenvalue weighted by Crippen LogP contribution is 2.39. The molecule has 0 radical (unpaired) electrons. The van der Waals surface area contributed by atoms with Gasteiger partial charge in [-0.15, -0.1) is 0 Å². The van der Waals surface area contributed by atoms with Gasteiger partial charge in [0.25, 0.3) is 8.32 Å². The highest BCUT2D eigenvalue weighted by molar-refractivity contribution is 6.99. The van der Waals surface area contributed by atoms with Crippen LogP contribution >= 0.6 is 0 Å². The summed E-state index contributed by atoms with van der Waals surface area (Å²) in [4.78, 5) is 0. The van der Waals surface area contributed by atoms with Crippen molar-refractivity contribution in [3.8, 4) is 0 Å². The van der Waals surface area contributed by atoms with Crippen LogP contribution in [-0.2, 0) is 17.3 Å². The van der Waals surface area contributed by atoms with Gasteiger partial charge in [0.1, 0.15) is 5.76 Å². The molecule has 0 amide bonds. The Morgan fingerprint density at radius 2 is 1.56 bits per heavy atom. The summed E-state index contributed by atoms with van der Waals surface area (Å²) in [5.41, 5.74) is 1.23. The van der Waals surface area contributed by atoms with E-state index in [1.54, 1.807) is 0 Å². The fraction of sp³-hybridized carbons (Fsp3) is 0.348. The van der Waals surface area contributed by atoms with Crippen LogP contribution in [0.1, 0.15) is 38.5 Å². The number of nitrogens with zero attached hydrogens (tertiary/aromatic N) is 1. The summed E-state index contributed by atoms with van der Waals surface area (Å²) in [5.74, 6) is 0.990. The van der Waals surface area contributed by atoms with E-state index in [1.807, 2.05) is 6.20 Å². The van der Waals surface area contributed by atoms with Gasteiger partial charge in [0.15, 0.2) is 0 Å². The van der Waals surface area contributed by atoms with Gasteiger partial charge in [0, 0.05) is 12.0 Å². The molecule has 1 unspecified atom stereocenters. The summed E-state index contributed by atoms with van der Waals surface area (Å²) in [6.07, 6.45) is 4.80. The Bertz CT molecular complexity index is 844. The van der Waals surface area contributed by atoms with Gasteiger partial charge >= 0.3 is 0 Å². The smallest absolute Gasteiger partial charge is 0.261 e. The zero-order valence-corrected chi connectivity index (χ0v) is 17.3. The number of aromatic nitrogens is 1. The van der Waals surface area contributed by atoms with Crippen molar-refractivity contribution in [3.63, 3.8) is 0 Å². The van der Waals surface area contributed by atoms with E-state index in [-0.39, 0.29) is 11.1 Å². The molecule has 140 valence electrons. The first-order valence-corrected chi connectivity index (χ1v) is 11.6. The number of fused-ring (bicyclic) bond motifs is 1. The molecular weight excluding hydrogens is 350 g/mol. The second kappa shape index (κ2) is 7.10. The first-order valence-electron chi connectivity index (χ1n) is 9.72. The molecule has 1 heterocycles. The molecule has 3 aromatic rings. The van der Waals surface area contributed by atoms with Crippen LogP contribution in [0.3, 0.4) is 0 Å². The normalized spacial score (nSPS) is 17.5. The van der Waals surface area contributed by atoms with Gasteiger partial charge in [0.05, 0.1) is 12.3 Å². The Kier molecular flexibility index (Phi) is 4.78. The van der Waals surface area contributed by atoms with Crippen LogP contribution in [0.5, 0.6) is 0 Å². The highest BCUT2D eigenvalue weighted by atomic mass is 28.4. The summed E-state index contributed by atoms with van der Waals surface area (Å²) >= 11 is 0. The molecular formula is C23H27NO2Si. The minimum atomic E-state index is -2.50. The molecule has 0 saturated carbocycles. The van der Waals surface area contributed by atoms with Gasteiger partial charge in [-0.3, -0.25) is 0 Å². The van der Waals surface area contributed by atoms with Crippen molar-refractivity contribution in [1.29, 1.82) is 0 Å². The van der Waals surface area contributed by atoms with Crippen molar-refractivity contribution < 1.29 is 8.95 Å². The summed E-state index contributed by atoms with van der Waals surface area (Å²) < 4.78 is 12.7. The lowest BCUT2D eigenvalue weighted by Gasteiger charge is -2.45. The maximum atomic E-state index is 7.19. The summed E-state index contributed by atoms with van der Waals surface area (Å²) in [7, 11) is -2.50. The van der Waals surface area contributed by atoms with Crippen LogP contribution in [0.15, 0.2) is 71.4 Å². The van der Waals surface area contributed by atoms with E-state index < -0.39 is 8.32 Å². The Hall–Kier alpha value is -2.17. The standard InChI is InChI=1S/C23H27NO2Si/c1-23(2,3)27(20-10-6-4-7-11-20,21-12-8-5-9-13-21)26-19-15-14-18-17-24-25-22(18)16-19/h4-13,17,19H,14-16H2,1-3H3. The first kappa shape index (κ1) is 18.2. The molecule has 27 heavy (non-hydrogen) atoms. The maximum Gasteiger partial charge on any atom is 0.261 e. The van der Waals surface area contributed by atoms with Crippen molar-refractivity contribution in [3.05, 3.63) is 78.2 Å². The monoisotopic (exact) mass is 377 g/mol. The average molecular weight is 378 g/mol. The molecule has 4 rings (SSSR count). The van der Waals surface area contributed by atoms with E-state index in [0.717, 1.165) is 25.0 Å². The molecule has 0 bridgehead atoms. The number of benzene rings is 2. The van der Waals surface area contributed by atoms with Crippen molar-refractivity contribution in [1.82, 2.24) is 5.16 Å². The number of aryl methyl sites for hydroxylation is 1. The predicted octanol–water partition coefficient (Wildman–Crippen LogP) is 4.11. The average Bonchev–Trinajstić information content (AvgIpc) is 3.14. The van der Waals surface area contributed by atoms with Gasteiger partial charge in [-0.1, -0.05) is 86.6 Å². The molecule has 3 nitrogen and oxygen atoms in total. The largest absolute Gasteiger partial charge is 0.404 e. The van der Waals surface area contributed by atoms with Crippen molar-refractivity contribution >= 4 is 18.7 Å². The SMILES string of the molecule is CC(C)(C)[Si](OC1CCc2cnoc2C1)(c1ccccc1)c1ccccc1. The van der Waals surface area contributed by atoms with E-state index >= 15 is 0 Å². The summed E-state index contributed by atoms with van der Waals surface area (Å²) in [6, 6.07) is 21.7. The molecule has 1 atom stereocenters. The Morgan fingerprint density at radius 1 is 0.963 bits per heavy atom. The minimum absolute atomic E-state index is 0.00258. The van der Waals surface area contributed by atoms with Gasteiger partial charge in [-0.25, -0.2) is 0 Å². The number of hydrogen-bond donors (Lipinski definition) is 0. The third kappa shape index (κ3) is 3.28. The fourth-order valence-corrected chi connectivity index (χ4v) is 9.04. The second-order valence-corrected chi connectivity index (χ2v) is 12.7. The van der Waals surface area contributed by atoms with Gasteiger partial charge in [-0.2, -0.15) is 0 Å². The summed E-state index contributed by atoms with van der Waals surface area (Å²) in [5, 5.41) is 6.63. The van der Waals surface area contributed by atoms with E-state index in [1.165, 1.54) is 15.9 Å². The molecule has 1 aliphatic carbocycles. The maximum absolute atomic E-state index is 7.19. The molecule has 0 saturated heterocycles. The van der Waals surface area contributed by atoms with Gasteiger partial charge in [-0.05, 0) is 28.3 Å². The first-order chi connectivity index (χ1) is 13.0. The Balaban J connectivity index is 1.81. The van der Waals surface area contributed by atoms with E-state index in [0.29, 0.717) is 0 Å². The van der Waals surface area contributed by atoms with Crippen molar-refractivity contribution in [2.45, 2.75) is 51.2 Å². The molecule has 0 spiro atoms. The zero-order chi connectivity index (χ0) is 18.9. The van der Waals surface area contributed by atoms with Crippen LogP contribution < -0.4 is 10.4 Å². The molecule has 0 fully saturated rings. The lowest BCUT2D eigenvalue weighted by Crippen LogP contribution is -2.68. The topological polar surface area (TPSA) is 35.3 Å². The molecule has 1 aromatic heterocycles. The molecule has 0 N–H and O–H groups in total. The van der Waals surface area contributed by atoms with E-state index in [4.69, 9.17) is 8.95 Å². The lowest BCUT2D eigenvalue weighted by atomic mass is 9.97. The highest BCUT2D eigenvalue weighted by Gasteiger charge is 2.51. The van der Waals surface area contributed by atoms with Crippen LogP contribution in [0.4, 0.5) is 0 Å². The Morgan fingerprint density at radius 3 is 2.11 bits per heavy atom. The minimum Gasteiger partial charge on any atom is -0.404 e. The quantitative estimate of drug-likeness (QED) is 0.642. The van der Waals surface area contributed by atoms with Crippen LogP contribution in [0.2, 0.25) is 5.04 Å². The predicted molar refractivity (Wildman–Crippen MR) is 111 cm³/mol. The van der Waals surface area contributed by atoms with Gasteiger partial charge < -0.3 is 8.95 Å². The molecule has 1 aliphatic rings. The zero-order valence-electron chi connectivity index (χ0n) is 16.3.